The van der Waals surface area contributed by atoms with Crippen molar-refractivity contribution in [1.82, 2.24) is 9.21 Å². The minimum atomic E-state index is -3.67. The van der Waals surface area contributed by atoms with E-state index in [1.807, 2.05) is 37.8 Å². The maximum absolute atomic E-state index is 13.7. The summed E-state index contributed by atoms with van der Waals surface area (Å²) < 4.78 is 34.9. The third-order valence-corrected chi connectivity index (χ3v) is 9.09. The van der Waals surface area contributed by atoms with Crippen LogP contribution >= 0.6 is 0 Å². The van der Waals surface area contributed by atoms with E-state index in [4.69, 9.17) is 4.74 Å². The van der Waals surface area contributed by atoms with E-state index in [9.17, 15) is 13.2 Å². The van der Waals surface area contributed by atoms with Gasteiger partial charge in [-0.2, -0.15) is 4.31 Å². The van der Waals surface area contributed by atoms with Gasteiger partial charge in [-0.1, -0.05) is 30.5 Å². The molecule has 7 heteroatoms. The van der Waals surface area contributed by atoms with Crippen LogP contribution in [0.2, 0.25) is 0 Å². The summed E-state index contributed by atoms with van der Waals surface area (Å²) in [5, 5.41) is 0. The summed E-state index contributed by atoms with van der Waals surface area (Å²) in [6, 6.07) is 3.85. The van der Waals surface area contributed by atoms with Crippen LogP contribution in [0.25, 0.3) is 0 Å². The molecular formula is C22H32N2O4S. The number of likely N-dealkylation sites (tertiary alicyclic amines) is 1. The van der Waals surface area contributed by atoms with Crippen LogP contribution in [0.15, 0.2) is 17.0 Å². The number of carbonyl (C=O) groups excluding carboxylic acids is 1. The Kier molecular flexibility index (Phi) is 5.51. The molecule has 1 spiro atoms. The molecular weight excluding hydrogens is 388 g/mol. The maximum Gasteiger partial charge on any atom is 0.246 e. The van der Waals surface area contributed by atoms with Crippen molar-refractivity contribution in [3.05, 3.63) is 28.8 Å². The molecule has 0 aromatic heterocycles. The molecule has 6 nitrogen and oxygen atoms in total. The zero-order chi connectivity index (χ0) is 20.8. The molecule has 0 unspecified atom stereocenters. The Labute approximate surface area is 174 Å². The molecule has 1 saturated carbocycles. The standard InChI is InChI=1S/C22H32N2O4S/c1-16-14-17(2)20(18(3)15-16)29(26,27)24-12-13-28-22(24)8-10-23(11-9-22)21(25)19-6-4-5-7-19/h14-15,19H,4-13H2,1-3H3. The first-order valence-electron chi connectivity index (χ1n) is 10.8. The number of rotatable bonds is 3. The zero-order valence-electron chi connectivity index (χ0n) is 17.7. The SMILES string of the molecule is Cc1cc(C)c(S(=O)(=O)N2CCOC23CCN(C(=O)C2CCCC2)CC3)c(C)c1. The summed E-state index contributed by atoms with van der Waals surface area (Å²) in [4.78, 5) is 15.1. The Bertz CT molecular complexity index is 874. The topological polar surface area (TPSA) is 66.9 Å². The summed E-state index contributed by atoms with van der Waals surface area (Å²) in [5.41, 5.74) is 1.79. The van der Waals surface area contributed by atoms with Crippen molar-refractivity contribution >= 4 is 15.9 Å². The molecule has 29 heavy (non-hydrogen) atoms. The predicted octanol–water partition coefficient (Wildman–Crippen LogP) is 3.14. The lowest BCUT2D eigenvalue weighted by Crippen LogP contribution is -2.56. The van der Waals surface area contributed by atoms with Gasteiger partial charge < -0.3 is 9.64 Å². The van der Waals surface area contributed by atoms with Crippen LogP contribution in [0.3, 0.4) is 0 Å². The van der Waals surface area contributed by atoms with Crippen LogP contribution in [0.4, 0.5) is 0 Å². The van der Waals surface area contributed by atoms with E-state index in [0.717, 1.165) is 42.4 Å². The Morgan fingerprint density at radius 2 is 1.62 bits per heavy atom. The monoisotopic (exact) mass is 420 g/mol. The molecule has 2 aliphatic heterocycles. The first kappa shape index (κ1) is 20.8. The summed E-state index contributed by atoms with van der Waals surface area (Å²) in [5.74, 6) is 0.404. The van der Waals surface area contributed by atoms with Gasteiger partial charge in [0, 0.05) is 38.4 Å². The highest BCUT2D eigenvalue weighted by Crippen LogP contribution is 2.40. The molecule has 1 aromatic rings. The van der Waals surface area contributed by atoms with E-state index in [1.54, 1.807) is 4.31 Å². The average molecular weight is 421 g/mol. The number of ether oxygens (including phenoxy) is 1. The van der Waals surface area contributed by atoms with Gasteiger partial charge in [0.1, 0.15) is 5.72 Å². The molecule has 2 saturated heterocycles. The Balaban J connectivity index is 1.56. The van der Waals surface area contributed by atoms with Crippen molar-refractivity contribution in [3.8, 4) is 0 Å². The molecule has 0 N–H and O–H groups in total. The third kappa shape index (κ3) is 3.62. The number of aryl methyl sites for hydroxylation is 3. The van der Waals surface area contributed by atoms with Crippen LogP contribution in [-0.4, -0.2) is 55.5 Å². The molecule has 1 amide bonds. The number of carbonyl (C=O) groups is 1. The quantitative estimate of drug-likeness (QED) is 0.753. The van der Waals surface area contributed by atoms with Gasteiger partial charge in [-0.15, -0.1) is 0 Å². The van der Waals surface area contributed by atoms with Gasteiger partial charge in [-0.3, -0.25) is 4.79 Å². The van der Waals surface area contributed by atoms with Gasteiger partial charge >= 0.3 is 0 Å². The third-order valence-electron chi connectivity index (χ3n) is 6.83. The molecule has 3 fully saturated rings. The summed E-state index contributed by atoms with van der Waals surface area (Å²) >= 11 is 0. The molecule has 2 heterocycles. The van der Waals surface area contributed by atoms with Crippen LogP contribution in [0, 0.1) is 26.7 Å². The van der Waals surface area contributed by atoms with Gasteiger partial charge in [-0.25, -0.2) is 8.42 Å². The second-order valence-electron chi connectivity index (χ2n) is 8.91. The Morgan fingerprint density at radius 3 is 2.21 bits per heavy atom. The van der Waals surface area contributed by atoms with Crippen molar-refractivity contribution in [1.29, 1.82) is 0 Å². The first-order valence-corrected chi connectivity index (χ1v) is 12.2. The number of benzene rings is 1. The molecule has 3 aliphatic rings. The van der Waals surface area contributed by atoms with Crippen molar-refractivity contribution in [3.63, 3.8) is 0 Å². The minimum absolute atomic E-state index is 0.159. The van der Waals surface area contributed by atoms with Gasteiger partial charge in [0.25, 0.3) is 0 Å². The van der Waals surface area contributed by atoms with Gasteiger partial charge in [0.2, 0.25) is 15.9 Å². The lowest BCUT2D eigenvalue weighted by molar-refractivity contribution is -0.143. The highest BCUT2D eigenvalue weighted by molar-refractivity contribution is 7.89. The lowest BCUT2D eigenvalue weighted by atomic mass is 9.98. The zero-order valence-corrected chi connectivity index (χ0v) is 18.6. The van der Waals surface area contributed by atoms with Crippen LogP contribution in [0.1, 0.15) is 55.2 Å². The Hall–Kier alpha value is -1.44. The largest absolute Gasteiger partial charge is 0.358 e. The number of sulfonamides is 1. The van der Waals surface area contributed by atoms with E-state index < -0.39 is 15.7 Å². The smallest absolute Gasteiger partial charge is 0.246 e. The van der Waals surface area contributed by atoms with E-state index in [-0.39, 0.29) is 11.8 Å². The maximum atomic E-state index is 13.7. The number of nitrogens with zero attached hydrogens (tertiary/aromatic N) is 2. The van der Waals surface area contributed by atoms with Crippen LogP contribution < -0.4 is 0 Å². The molecule has 0 radical (unpaired) electrons. The fourth-order valence-electron chi connectivity index (χ4n) is 5.52. The van der Waals surface area contributed by atoms with Crippen LogP contribution in [0.5, 0.6) is 0 Å². The number of amides is 1. The Morgan fingerprint density at radius 1 is 1.03 bits per heavy atom. The van der Waals surface area contributed by atoms with Crippen molar-refractivity contribution in [2.24, 2.45) is 5.92 Å². The first-order chi connectivity index (χ1) is 13.7. The van der Waals surface area contributed by atoms with Crippen LogP contribution in [-0.2, 0) is 19.6 Å². The van der Waals surface area contributed by atoms with Crippen molar-refractivity contribution in [2.45, 2.75) is 69.9 Å². The van der Waals surface area contributed by atoms with Crippen molar-refractivity contribution < 1.29 is 17.9 Å². The molecule has 0 bridgehead atoms. The van der Waals surface area contributed by atoms with E-state index in [2.05, 4.69) is 0 Å². The van der Waals surface area contributed by atoms with E-state index in [0.29, 0.717) is 44.0 Å². The molecule has 160 valence electrons. The summed E-state index contributed by atoms with van der Waals surface area (Å²) in [6.45, 7) is 7.60. The molecule has 1 aliphatic carbocycles. The fourth-order valence-corrected chi connectivity index (χ4v) is 7.66. The summed E-state index contributed by atoms with van der Waals surface area (Å²) in [7, 11) is -3.67. The lowest BCUT2D eigenvalue weighted by Gasteiger charge is -2.43. The highest BCUT2D eigenvalue weighted by Gasteiger charge is 2.51. The normalized spacial score (nSPS) is 23.2. The fraction of sp³-hybridized carbons (Fsp3) is 0.682. The number of hydrogen-bond donors (Lipinski definition) is 0. The predicted molar refractivity (Wildman–Crippen MR) is 111 cm³/mol. The molecule has 1 aromatic carbocycles. The van der Waals surface area contributed by atoms with E-state index >= 15 is 0 Å². The number of hydrogen-bond acceptors (Lipinski definition) is 4. The van der Waals surface area contributed by atoms with E-state index in [1.165, 1.54) is 0 Å². The average Bonchev–Trinajstić information content (AvgIpc) is 3.31. The molecule has 4 rings (SSSR count). The highest BCUT2D eigenvalue weighted by atomic mass is 32.2. The van der Waals surface area contributed by atoms with Crippen molar-refractivity contribution in [2.75, 3.05) is 26.2 Å². The second-order valence-corrected chi connectivity index (χ2v) is 10.7. The number of piperidine rings is 1. The van der Waals surface area contributed by atoms with Gasteiger partial charge in [0.15, 0.2) is 0 Å². The van der Waals surface area contributed by atoms with Gasteiger partial charge in [0.05, 0.1) is 11.5 Å². The summed E-state index contributed by atoms with van der Waals surface area (Å²) in [6.07, 6.45) is 5.33. The molecule has 0 atom stereocenters. The second kappa shape index (κ2) is 7.67. The minimum Gasteiger partial charge on any atom is -0.358 e. The van der Waals surface area contributed by atoms with Gasteiger partial charge in [-0.05, 0) is 44.7 Å².